The maximum atomic E-state index is 13.0. The summed E-state index contributed by atoms with van der Waals surface area (Å²) in [6, 6.07) is 15.3. The maximum Gasteiger partial charge on any atom is 0.236 e. The van der Waals surface area contributed by atoms with Crippen LogP contribution in [0.15, 0.2) is 54.6 Å². The molecule has 0 radical (unpaired) electrons. The topological polar surface area (TPSA) is 81.8 Å². The zero-order valence-corrected chi connectivity index (χ0v) is 18.9. The number of amides is 3. The van der Waals surface area contributed by atoms with Crippen molar-refractivity contribution in [2.75, 3.05) is 38.0 Å². The van der Waals surface area contributed by atoms with Gasteiger partial charge in [-0.2, -0.15) is 0 Å². The zero-order valence-electron chi connectivity index (χ0n) is 18.9. The third-order valence-corrected chi connectivity index (χ3v) is 5.84. The second kappa shape index (κ2) is 12.1. The first-order valence-corrected chi connectivity index (χ1v) is 11.3. The number of halogens is 1. The average molecular weight is 455 g/mol. The van der Waals surface area contributed by atoms with Crippen LogP contribution in [0.4, 0.5) is 10.1 Å². The lowest BCUT2D eigenvalue weighted by Gasteiger charge is -2.32. The lowest BCUT2D eigenvalue weighted by atomic mass is 9.95. The van der Waals surface area contributed by atoms with Crippen LogP contribution >= 0.6 is 0 Å². The van der Waals surface area contributed by atoms with Crippen LogP contribution in [0.2, 0.25) is 0 Å². The Bertz CT molecular complexity index is 928. The van der Waals surface area contributed by atoms with Crippen molar-refractivity contribution < 1.29 is 18.8 Å². The van der Waals surface area contributed by atoms with Gasteiger partial charge in [-0.1, -0.05) is 37.3 Å². The summed E-state index contributed by atoms with van der Waals surface area (Å²) >= 11 is 0. The minimum absolute atomic E-state index is 0.0127. The van der Waals surface area contributed by atoms with E-state index in [0.717, 1.165) is 11.3 Å². The van der Waals surface area contributed by atoms with Gasteiger partial charge in [0.05, 0.1) is 13.1 Å². The van der Waals surface area contributed by atoms with Crippen molar-refractivity contribution in [1.82, 2.24) is 15.1 Å². The summed E-state index contributed by atoms with van der Waals surface area (Å²) in [6.45, 7) is 4.09. The molecule has 1 saturated heterocycles. The van der Waals surface area contributed by atoms with Crippen molar-refractivity contribution in [2.45, 2.75) is 26.3 Å². The number of anilines is 1. The highest BCUT2D eigenvalue weighted by molar-refractivity contribution is 5.92. The van der Waals surface area contributed by atoms with Crippen LogP contribution in [0.25, 0.3) is 0 Å². The number of benzene rings is 2. The monoisotopic (exact) mass is 454 g/mol. The van der Waals surface area contributed by atoms with Crippen LogP contribution in [0.1, 0.15) is 25.3 Å². The molecular formula is C25H31FN4O3. The van der Waals surface area contributed by atoms with E-state index < -0.39 is 0 Å². The van der Waals surface area contributed by atoms with Gasteiger partial charge >= 0.3 is 0 Å². The van der Waals surface area contributed by atoms with Gasteiger partial charge in [0, 0.05) is 31.2 Å². The van der Waals surface area contributed by atoms with Crippen LogP contribution in [-0.4, -0.2) is 60.2 Å². The number of nitrogens with one attached hydrogen (secondary N) is 2. The molecule has 2 aromatic carbocycles. The van der Waals surface area contributed by atoms with Crippen molar-refractivity contribution in [3.8, 4) is 0 Å². The Kier molecular flexibility index (Phi) is 8.95. The molecule has 3 amide bonds. The predicted molar refractivity (Wildman–Crippen MR) is 125 cm³/mol. The fourth-order valence-electron chi connectivity index (χ4n) is 3.79. The average Bonchev–Trinajstić information content (AvgIpc) is 2.84. The summed E-state index contributed by atoms with van der Waals surface area (Å²) in [5, 5.41) is 5.73. The van der Waals surface area contributed by atoms with Crippen molar-refractivity contribution >= 4 is 23.4 Å². The first-order chi connectivity index (χ1) is 15.9. The number of likely N-dealkylation sites (tertiary alicyclic amines) is 1. The van der Waals surface area contributed by atoms with Crippen molar-refractivity contribution in [1.29, 1.82) is 0 Å². The van der Waals surface area contributed by atoms with Crippen molar-refractivity contribution in [3.05, 3.63) is 66.0 Å². The van der Waals surface area contributed by atoms with Crippen molar-refractivity contribution in [3.63, 3.8) is 0 Å². The number of piperidine rings is 1. The molecule has 0 saturated carbocycles. The van der Waals surface area contributed by atoms with Crippen LogP contribution in [0, 0.1) is 11.7 Å². The Morgan fingerprint density at radius 3 is 2.30 bits per heavy atom. The van der Waals surface area contributed by atoms with Gasteiger partial charge in [-0.3, -0.25) is 19.3 Å². The molecule has 33 heavy (non-hydrogen) atoms. The van der Waals surface area contributed by atoms with Crippen LogP contribution in [0.3, 0.4) is 0 Å². The van der Waals surface area contributed by atoms with Gasteiger partial charge in [0.25, 0.3) is 0 Å². The first kappa shape index (κ1) is 24.4. The van der Waals surface area contributed by atoms with Gasteiger partial charge in [0.1, 0.15) is 5.82 Å². The summed E-state index contributed by atoms with van der Waals surface area (Å²) in [4.78, 5) is 41.1. The van der Waals surface area contributed by atoms with E-state index in [1.165, 1.54) is 12.1 Å². The number of para-hydroxylation sites is 1. The fourth-order valence-corrected chi connectivity index (χ4v) is 3.79. The van der Waals surface area contributed by atoms with Gasteiger partial charge in [0.2, 0.25) is 17.7 Å². The molecule has 2 aromatic rings. The minimum Gasteiger partial charge on any atom is -0.351 e. The number of rotatable bonds is 9. The highest BCUT2D eigenvalue weighted by atomic mass is 19.1. The minimum atomic E-state index is -0.318. The van der Waals surface area contributed by atoms with E-state index in [4.69, 9.17) is 0 Å². The second-order valence-electron chi connectivity index (χ2n) is 8.22. The maximum absolute atomic E-state index is 13.0. The smallest absolute Gasteiger partial charge is 0.236 e. The van der Waals surface area contributed by atoms with E-state index in [1.807, 2.05) is 37.3 Å². The van der Waals surface area contributed by atoms with Gasteiger partial charge in [0.15, 0.2) is 0 Å². The van der Waals surface area contributed by atoms with Gasteiger partial charge in [-0.05, 0) is 49.2 Å². The molecule has 8 heteroatoms. The van der Waals surface area contributed by atoms with E-state index in [1.54, 1.807) is 21.9 Å². The number of nitrogens with zero attached hydrogens (tertiary/aromatic N) is 2. The molecule has 0 bridgehead atoms. The summed E-state index contributed by atoms with van der Waals surface area (Å²) in [7, 11) is 0. The Morgan fingerprint density at radius 1 is 1.00 bits per heavy atom. The molecule has 2 N–H and O–H groups in total. The highest BCUT2D eigenvalue weighted by Crippen LogP contribution is 2.20. The number of hydrogen-bond donors (Lipinski definition) is 2. The molecule has 7 nitrogen and oxygen atoms in total. The lowest BCUT2D eigenvalue weighted by Crippen LogP contribution is -2.47. The SMILES string of the molecule is CCN(CC(=O)NCc1ccc(F)cc1)CC(=O)N1CCC(C(=O)Nc2ccccc2)CC1. The van der Waals surface area contributed by atoms with E-state index in [2.05, 4.69) is 10.6 Å². The summed E-state index contributed by atoms with van der Waals surface area (Å²) in [5.74, 6) is -0.674. The molecule has 0 aromatic heterocycles. The molecule has 1 heterocycles. The molecule has 0 spiro atoms. The Balaban J connectivity index is 1.39. The third-order valence-electron chi connectivity index (χ3n) is 5.84. The van der Waals surface area contributed by atoms with Gasteiger partial charge in [-0.25, -0.2) is 4.39 Å². The molecule has 1 fully saturated rings. The second-order valence-corrected chi connectivity index (χ2v) is 8.22. The fraction of sp³-hybridized carbons (Fsp3) is 0.400. The van der Waals surface area contributed by atoms with E-state index in [-0.39, 0.29) is 42.5 Å². The van der Waals surface area contributed by atoms with Crippen LogP contribution in [0.5, 0.6) is 0 Å². The van der Waals surface area contributed by atoms with Gasteiger partial charge in [-0.15, -0.1) is 0 Å². The Hall–Kier alpha value is -3.26. The largest absolute Gasteiger partial charge is 0.351 e. The summed E-state index contributed by atoms with van der Waals surface area (Å²) < 4.78 is 13.0. The van der Waals surface area contributed by atoms with Crippen molar-refractivity contribution in [2.24, 2.45) is 5.92 Å². The van der Waals surface area contributed by atoms with Crippen LogP contribution in [-0.2, 0) is 20.9 Å². The molecule has 0 atom stereocenters. The molecule has 176 valence electrons. The summed E-state index contributed by atoms with van der Waals surface area (Å²) in [6.07, 6.45) is 1.24. The summed E-state index contributed by atoms with van der Waals surface area (Å²) in [5.41, 5.74) is 1.58. The Morgan fingerprint density at radius 2 is 1.67 bits per heavy atom. The van der Waals surface area contributed by atoms with Crippen LogP contribution < -0.4 is 10.6 Å². The van der Waals surface area contributed by atoms with E-state index in [0.29, 0.717) is 39.0 Å². The lowest BCUT2D eigenvalue weighted by molar-refractivity contribution is -0.136. The predicted octanol–water partition coefficient (Wildman–Crippen LogP) is 2.64. The molecule has 0 aliphatic carbocycles. The molecule has 3 rings (SSSR count). The Labute approximate surface area is 193 Å². The zero-order chi connectivity index (χ0) is 23.6. The quantitative estimate of drug-likeness (QED) is 0.610. The molecular weight excluding hydrogens is 423 g/mol. The number of likely N-dealkylation sites (N-methyl/N-ethyl adjacent to an activating group) is 1. The first-order valence-electron chi connectivity index (χ1n) is 11.3. The van der Waals surface area contributed by atoms with Gasteiger partial charge < -0.3 is 15.5 Å². The number of carbonyl (C=O) groups excluding carboxylic acids is 3. The standard InChI is InChI=1S/C25H31FN4O3/c1-2-29(17-23(31)27-16-19-8-10-21(26)11-9-19)18-24(32)30-14-12-20(13-15-30)25(33)28-22-6-4-3-5-7-22/h3-11,20H,2,12-18H2,1H3,(H,27,31)(H,28,33). The molecule has 1 aliphatic rings. The third kappa shape index (κ3) is 7.68. The highest BCUT2D eigenvalue weighted by Gasteiger charge is 2.28. The number of carbonyl (C=O) groups is 3. The number of hydrogen-bond acceptors (Lipinski definition) is 4. The normalized spacial score (nSPS) is 14.2. The molecule has 1 aliphatic heterocycles. The van der Waals surface area contributed by atoms with E-state index >= 15 is 0 Å². The molecule has 0 unspecified atom stereocenters. The van der Waals surface area contributed by atoms with E-state index in [9.17, 15) is 18.8 Å².